The fraction of sp³-hybridized carbons (Fsp3) is 0. The Morgan fingerprint density at radius 2 is 1.33 bits per heavy atom. The van der Waals surface area contributed by atoms with Crippen molar-refractivity contribution in [3.05, 3.63) is 60.7 Å². The highest BCUT2D eigenvalue weighted by Gasteiger charge is 1.91. The van der Waals surface area contributed by atoms with Crippen molar-refractivity contribution in [2.24, 2.45) is 11.0 Å². The van der Waals surface area contributed by atoms with Crippen LogP contribution in [-0.2, 0) is 0 Å². The molecule has 0 aliphatic heterocycles. The Bertz CT molecular complexity index is 447. The number of amides is 2. The molecule has 0 heterocycles. The molecule has 2 aromatic rings. The van der Waals surface area contributed by atoms with Gasteiger partial charge in [-0.1, -0.05) is 65.8 Å². The predicted octanol–water partition coefficient (Wildman–Crippen LogP) is 2.95. The minimum atomic E-state index is -0.838. The minimum absolute atomic E-state index is 0.838. The van der Waals surface area contributed by atoms with E-state index in [4.69, 9.17) is 5.53 Å². The first-order valence-corrected chi connectivity index (χ1v) is 5.26. The van der Waals surface area contributed by atoms with Gasteiger partial charge in [0.1, 0.15) is 0 Å². The van der Waals surface area contributed by atoms with Crippen molar-refractivity contribution in [2.45, 2.75) is 0 Å². The van der Waals surface area contributed by atoms with Crippen LogP contribution in [0.25, 0.3) is 11.1 Å². The van der Waals surface area contributed by atoms with Crippen molar-refractivity contribution >= 4 is 6.03 Å². The number of nitrogens with zero attached hydrogens (tertiary/aromatic N) is 1. The molecule has 2 aromatic carbocycles. The molecule has 0 aliphatic carbocycles. The summed E-state index contributed by atoms with van der Waals surface area (Å²) in [6.45, 7) is 0. The molecule has 2 amide bonds. The van der Waals surface area contributed by atoms with Gasteiger partial charge >= 0.3 is 6.03 Å². The van der Waals surface area contributed by atoms with Gasteiger partial charge in [0.05, 0.1) is 0 Å². The smallest absolute Gasteiger partial charge is 0.273 e. The summed E-state index contributed by atoms with van der Waals surface area (Å²) < 4.78 is 0. The number of carbonyl (C=O) groups is 1. The molecule has 2 rings (SSSR count). The highest BCUT2D eigenvalue weighted by molar-refractivity contribution is 5.72. The molecule has 0 aromatic heterocycles. The van der Waals surface area contributed by atoms with Gasteiger partial charge in [0, 0.05) is 0 Å². The summed E-state index contributed by atoms with van der Waals surface area (Å²) in [5.41, 5.74) is 10.1. The average Bonchev–Trinajstić information content (AvgIpc) is 2.49. The summed E-state index contributed by atoms with van der Waals surface area (Å²) in [7, 11) is 0. The number of hydrogen-bond acceptors (Lipinski definition) is 3. The summed E-state index contributed by atoms with van der Waals surface area (Å²) >= 11 is 0. The van der Waals surface area contributed by atoms with E-state index in [9.17, 15) is 4.79 Å². The van der Waals surface area contributed by atoms with Crippen LogP contribution >= 0.6 is 0 Å². The van der Waals surface area contributed by atoms with E-state index < -0.39 is 6.03 Å². The van der Waals surface area contributed by atoms with Gasteiger partial charge < -0.3 is 0 Å². The Morgan fingerprint density at radius 3 is 1.56 bits per heavy atom. The summed E-state index contributed by atoms with van der Waals surface area (Å²) in [6.07, 6.45) is 0. The number of hydrazine groups is 1. The first kappa shape index (κ1) is 13.5. The maximum absolute atomic E-state index is 9.59. The van der Waals surface area contributed by atoms with Crippen LogP contribution in [0.2, 0.25) is 0 Å². The van der Waals surface area contributed by atoms with Gasteiger partial charge in [0.15, 0.2) is 0 Å². The number of carbonyl (C=O) groups excluding carboxylic acids is 1. The second kappa shape index (κ2) is 7.70. The topological polar surface area (TPSA) is 91.3 Å². The van der Waals surface area contributed by atoms with E-state index in [1.54, 1.807) is 5.43 Å². The van der Waals surface area contributed by atoms with E-state index in [1.807, 2.05) is 12.1 Å². The molecule has 0 aliphatic rings. The quantitative estimate of drug-likeness (QED) is 0.310. The van der Waals surface area contributed by atoms with Crippen molar-refractivity contribution in [3.63, 3.8) is 0 Å². The molecule has 4 N–H and O–H groups in total. The lowest BCUT2D eigenvalue weighted by atomic mass is 10.1. The van der Waals surface area contributed by atoms with Crippen LogP contribution in [0.4, 0.5) is 4.79 Å². The number of rotatable bonds is 1. The fourth-order valence-corrected chi connectivity index (χ4v) is 1.29. The van der Waals surface area contributed by atoms with Crippen molar-refractivity contribution in [1.29, 1.82) is 5.53 Å². The highest BCUT2D eigenvalue weighted by Crippen LogP contribution is 2.17. The molecule has 0 radical (unpaired) electrons. The van der Waals surface area contributed by atoms with Gasteiger partial charge in [-0.05, 0) is 11.1 Å². The second-order valence-corrected chi connectivity index (χ2v) is 3.29. The van der Waals surface area contributed by atoms with Crippen LogP contribution in [0.15, 0.2) is 65.8 Å². The van der Waals surface area contributed by atoms with Crippen molar-refractivity contribution in [3.8, 4) is 11.1 Å². The number of urea groups is 1. The maximum atomic E-state index is 9.59. The first-order chi connectivity index (χ1) is 8.77. The van der Waals surface area contributed by atoms with Gasteiger partial charge in [-0.25, -0.2) is 10.6 Å². The normalized spacial score (nSPS) is 8.72. The van der Waals surface area contributed by atoms with E-state index in [1.165, 1.54) is 11.1 Å². The maximum Gasteiger partial charge on any atom is 0.373 e. The van der Waals surface area contributed by atoms with E-state index in [2.05, 4.69) is 59.5 Å². The molecule has 0 saturated carbocycles. The molecule has 5 nitrogen and oxygen atoms in total. The zero-order chi connectivity index (χ0) is 13.2. The first-order valence-electron chi connectivity index (χ1n) is 5.26. The third-order valence-corrected chi connectivity index (χ3v) is 2.11. The van der Waals surface area contributed by atoms with Gasteiger partial charge in [-0.15, -0.1) is 0 Å². The third kappa shape index (κ3) is 4.54. The molecular formula is C13H14N4O. The summed E-state index contributed by atoms with van der Waals surface area (Å²) in [6, 6.07) is 19.9. The molecule has 0 atom stereocenters. The Morgan fingerprint density at radius 1 is 0.944 bits per heavy atom. The third-order valence-electron chi connectivity index (χ3n) is 2.11. The summed E-state index contributed by atoms with van der Waals surface area (Å²) in [4.78, 5) is 9.59. The highest BCUT2D eigenvalue weighted by atomic mass is 16.2. The zero-order valence-corrected chi connectivity index (χ0v) is 9.71. The predicted molar refractivity (Wildman–Crippen MR) is 69.7 cm³/mol. The van der Waals surface area contributed by atoms with Crippen molar-refractivity contribution in [2.75, 3.05) is 0 Å². The molecule has 0 saturated heterocycles. The Balaban J connectivity index is 0.000000232. The second-order valence-electron chi connectivity index (χ2n) is 3.29. The van der Waals surface area contributed by atoms with E-state index in [0.717, 1.165) is 0 Å². The average molecular weight is 242 g/mol. The molecule has 0 unspecified atom stereocenters. The number of benzene rings is 2. The van der Waals surface area contributed by atoms with E-state index in [0.29, 0.717) is 0 Å². The lowest BCUT2D eigenvalue weighted by molar-refractivity contribution is 0.247. The summed E-state index contributed by atoms with van der Waals surface area (Å²) in [5, 5.41) is 2.38. The summed E-state index contributed by atoms with van der Waals surface area (Å²) in [5.74, 6) is 4.47. The van der Waals surface area contributed by atoms with Crippen molar-refractivity contribution in [1.82, 2.24) is 5.43 Å². The lowest BCUT2D eigenvalue weighted by Gasteiger charge is -1.98. The van der Waals surface area contributed by atoms with Gasteiger partial charge in [0.2, 0.25) is 0 Å². The molecule has 92 valence electrons. The van der Waals surface area contributed by atoms with Crippen LogP contribution in [-0.4, -0.2) is 6.03 Å². The number of nitrogens with one attached hydrogen (secondary N) is 2. The molecule has 5 heteroatoms. The van der Waals surface area contributed by atoms with Crippen LogP contribution in [0.3, 0.4) is 0 Å². The molecule has 18 heavy (non-hydrogen) atoms. The monoisotopic (exact) mass is 242 g/mol. The molecular weight excluding hydrogens is 228 g/mol. The molecule has 0 spiro atoms. The lowest BCUT2D eigenvalue weighted by Crippen LogP contribution is -2.26. The molecule has 0 bridgehead atoms. The van der Waals surface area contributed by atoms with E-state index >= 15 is 0 Å². The fourth-order valence-electron chi connectivity index (χ4n) is 1.29. The van der Waals surface area contributed by atoms with Crippen LogP contribution in [0.1, 0.15) is 0 Å². The van der Waals surface area contributed by atoms with Crippen molar-refractivity contribution < 1.29 is 4.79 Å². The SMILES string of the molecule is N=NC(=O)NN.c1ccc(-c2ccccc2)cc1. The standard InChI is InChI=1S/C12H10.CH4N4O/c1-3-7-11(8-4-1)12-9-5-2-6-10-12;2-4-1(6)5-3/h1-10H;2H,3H2,(H,5,6). The van der Waals surface area contributed by atoms with E-state index in [-0.39, 0.29) is 0 Å². The van der Waals surface area contributed by atoms with Gasteiger partial charge in [-0.3, -0.25) is 5.43 Å². The van der Waals surface area contributed by atoms with Crippen LogP contribution in [0.5, 0.6) is 0 Å². The zero-order valence-electron chi connectivity index (χ0n) is 9.71. The Kier molecular flexibility index (Phi) is 5.79. The van der Waals surface area contributed by atoms with Gasteiger partial charge in [0.25, 0.3) is 0 Å². The Hall–Kier alpha value is -2.53. The Labute approximate surface area is 105 Å². The largest absolute Gasteiger partial charge is 0.373 e. The van der Waals surface area contributed by atoms with Crippen LogP contribution < -0.4 is 11.3 Å². The number of nitrogens with two attached hydrogens (primary N) is 1. The van der Waals surface area contributed by atoms with Crippen LogP contribution in [0, 0.1) is 5.53 Å². The molecule has 0 fully saturated rings. The minimum Gasteiger partial charge on any atom is -0.273 e. The number of hydrogen-bond donors (Lipinski definition) is 3. The van der Waals surface area contributed by atoms with Gasteiger partial charge in [-0.2, -0.15) is 5.53 Å².